The Balaban J connectivity index is 1.76. The summed E-state index contributed by atoms with van der Waals surface area (Å²) in [7, 11) is -6.43. The highest BCUT2D eigenvalue weighted by Gasteiger charge is 2.58. The first-order valence-electron chi connectivity index (χ1n) is 14.8. The second kappa shape index (κ2) is 12.8. The van der Waals surface area contributed by atoms with Gasteiger partial charge in [-0.15, -0.1) is 0 Å². The number of carbonyl (C=O) groups excluding carboxylic acids is 2. The van der Waals surface area contributed by atoms with Gasteiger partial charge in [-0.25, -0.2) is 22.3 Å². The van der Waals surface area contributed by atoms with Gasteiger partial charge in [-0.1, -0.05) is 54.7 Å². The average Bonchev–Trinajstić information content (AvgIpc) is 3.31. The van der Waals surface area contributed by atoms with E-state index in [2.05, 4.69) is 4.40 Å². The second-order valence-corrected chi connectivity index (χ2v) is 14.7. The van der Waals surface area contributed by atoms with Crippen LogP contribution in [0.5, 0.6) is 0 Å². The van der Waals surface area contributed by atoms with Gasteiger partial charge in [0.15, 0.2) is 5.84 Å². The van der Waals surface area contributed by atoms with Gasteiger partial charge < -0.3 is 9.47 Å². The first-order valence-corrected chi connectivity index (χ1v) is 17.6. The zero-order valence-electron chi connectivity index (χ0n) is 26.0. The molecule has 46 heavy (non-hydrogen) atoms. The van der Waals surface area contributed by atoms with Crippen molar-refractivity contribution in [1.29, 1.82) is 0 Å². The van der Waals surface area contributed by atoms with Crippen LogP contribution in [0.25, 0.3) is 0 Å². The maximum Gasteiger partial charge on any atom is 0.342 e. The number of allylic oxidation sites excluding steroid dienone is 2. The van der Waals surface area contributed by atoms with E-state index in [4.69, 9.17) is 14.5 Å². The Hall–Kier alpha value is -4.36. The van der Waals surface area contributed by atoms with Crippen LogP contribution in [0.1, 0.15) is 43.2 Å². The third-order valence-corrected chi connectivity index (χ3v) is 11.3. The van der Waals surface area contributed by atoms with E-state index in [9.17, 15) is 26.4 Å². The molecule has 0 N–H and O–H groups in total. The zero-order chi connectivity index (χ0) is 33.3. The monoisotopic (exact) mass is 665 g/mol. The van der Waals surface area contributed by atoms with Gasteiger partial charge in [0.25, 0.3) is 20.0 Å². The molecule has 0 aromatic heterocycles. The number of rotatable bonds is 7. The summed E-state index contributed by atoms with van der Waals surface area (Å²) < 4.78 is 70.5. The van der Waals surface area contributed by atoms with Crippen LogP contribution in [0.3, 0.4) is 0 Å². The summed E-state index contributed by atoms with van der Waals surface area (Å²) in [6.07, 6.45) is 9.30. The van der Waals surface area contributed by atoms with Crippen molar-refractivity contribution >= 4 is 43.5 Å². The Bertz CT molecular complexity index is 1900. The van der Waals surface area contributed by atoms with Crippen LogP contribution in [-0.2, 0) is 39.1 Å². The fourth-order valence-electron chi connectivity index (χ4n) is 5.78. The normalized spacial score (nSPS) is 21.3. The fraction of sp³-hybridized carbons (Fsp3) is 0.333. The van der Waals surface area contributed by atoms with E-state index in [0.29, 0.717) is 12.8 Å². The van der Waals surface area contributed by atoms with E-state index >= 15 is 0 Å². The lowest BCUT2D eigenvalue weighted by atomic mass is 9.85. The standard InChI is InChI=1S/C33H35N3O8S2/c1-22-10-14-26(15-11-22)45(39,40)35-25-18-20-33(21-19-25)29(32(38)44-4)28(31(37)43-3)30(34-24-8-6-5-7-9-24)36(33)46(41,42)27-16-12-23(2)13-17-27/h10-21,24H,5-9H2,1-4H3. The van der Waals surface area contributed by atoms with E-state index in [-0.39, 0.29) is 38.5 Å². The molecule has 1 fully saturated rings. The predicted octanol–water partition coefficient (Wildman–Crippen LogP) is 4.38. The van der Waals surface area contributed by atoms with Gasteiger partial charge in [-0.05, 0) is 75.3 Å². The molecule has 13 heteroatoms. The quantitative estimate of drug-likeness (QED) is 0.396. The molecule has 2 aromatic rings. The Morgan fingerprint density at radius 3 is 1.83 bits per heavy atom. The molecule has 1 saturated carbocycles. The van der Waals surface area contributed by atoms with Crippen LogP contribution in [0, 0.1) is 13.8 Å². The highest BCUT2D eigenvalue weighted by molar-refractivity contribution is 7.90. The van der Waals surface area contributed by atoms with Gasteiger partial charge in [0.1, 0.15) is 11.1 Å². The van der Waals surface area contributed by atoms with Crippen molar-refractivity contribution in [2.75, 3.05) is 14.2 Å². The second-order valence-electron chi connectivity index (χ2n) is 11.4. The smallest absolute Gasteiger partial charge is 0.342 e. The molecule has 2 aromatic carbocycles. The number of amidine groups is 1. The Morgan fingerprint density at radius 1 is 0.783 bits per heavy atom. The van der Waals surface area contributed by atoms with Crippen molar-refractivity contribution in [2.45, 2.75) is 67.3 Å². The molecule has 0 atom stereocenters. The van der Waals surface area contributed by atoms with Crippen molar-refractivity contribution in [3.8, 4) is 0 Å². The van der Waals surface area contributed by atoms with E-state index in [1.165, 1.54) is 48.6 Å². The van der Waals surface area contributed by atoms with Crippen LogP contribution in [0.2, 0.25) is 0 Å². The molecule has 2 aliphatic carbocycles. The van der Waals surface area contributed by atoms with Crippen molar-refractivity contribution in [3.05, 3.63) is 95.1 Å². The first-order chi connectivity index (χ1) is 21.8. The number of sulfonamides is 2. The van der Waals surface area contributed by atoms with E-state index in [1.54, 1.807) is 24.3 Å². The van der Waals surface area contributed by atoms with Crippen LogP contribution in [0.15, 0.2) is 103 Å². The minimum Gasteiger partial charge on any atom is -0.466 e. The third-order valence-electron chi connectivity index (χ3n) is 8.18. The van der Waals surface area contributed by atoms with Crippen LogP contribution < -0.4 is 0 Å². The third kappa shape index (κ3) is 6.08. The Kier molecular flexibility index (Phi) is 9.19. The molecular weight excluding hydrogens is 631 g/mol. The number of hydrogen-bond acceptors (Lipinski definition) is 9. The molecule has 11 nitrogen and oxygen atoms in total. The van der Waals surface area contributed by atoms with Gasteiger partial charge in [0.05, 0.1) is 41.3 Å². The number of aliphatic imine (C=N–C) groups is 1. The number of aryl methyl sites for hydroxylation is 2. The van der Waals surface area contributed by atoms with Crippen molar-refractivity contribution in [1.82, 2.24) is 4.31 Å². The highest BCUT2D eigenvalue weighted by Crippen LogP contribution is 2.45. The molecular formula is C33H35N3O8S2. The summed E-state index contributed by atoms with van der Waals surface area (Å²) in [6, 6.07) is 12.0. The molecule has 1 spiro atoms. The molecule has 0 radical (unpaired) electrons. The minimum atomic E-state index is -4.53. The van der Waals surface area contributed by atoms with Crippen molar-refractivity contribution < 1.29 is 35.9 Å². The Labute approximate surface area is 269 Å². The summed E-state index contributed by atoms with van der Waals surface area (Å²) in [5.74, 6) is -2.21. The number of methoxy groups -OCH3 is 2. The summed E-state index contributed by atoms with van der Waals surface area (Å²) >= 11 is 0. The van der Waals surface area contributed by atoms with E-state index in [1.807, 2.05) is 13.8 Å². The van der Waals surface area contributed by atoms with Crippen molar-refractivity contribution in [2.24, 2.45) is 9.39 Å². The SMILES string of the molecule is COC(=O)C1=C(C(=O)OC)C2(C=CC(=NS(=O)(=O)c3ccc(C)cc3)C=C2)N(S(=O)(=O)c2ccc(C)cc2)C1=NC1CCCCC1. The molecule has 0 unspecified atom stereocenters. The highest BCUT2D eigenvalue weighted by atomic mass is 32.2. The van der Waals surface area contributed by atoms with Gasteiger partial charge in [-0.3, -0.25) is 4.99 Å². The van der Waals surface area contributed by atoms with Gasteiger partial charge >= 0.3 is 11.9 Å². The molecule has 1 heterocycles. The molecule has 3 aliphatic rings. The predicted molar refractivity (Wildman–Crippen MR) is 172 cm³/mol. The largest absolute Gasteiger partial charge is 0.466 e. The van der Waals surface area contributed by atoms with Crippen LogP contribution in [-0.4, -0.2) is 70.4 Å². The summed E-state index contributed by atoms with van der Waals surface area (Å²) in [4.78, 5) is 31.7. The molecule has 242 valence electrons. The maximum atomic E-state index is 14.6. The Morgan fingerprint density at radius 2 is 1.30 bits per heavy atom. The average molecular weight is 666 g/mol. The number of ether oxygens (including phenoxy) is 2. The summed E-state index contributed by atoms with van der Waals surface area (Å²) in [5.41, 5.74) is -0.988. The molecule has 0 bridgehead atoms. The lowest BCUT2D eigenvalue weighted by molar-refractivity contribution is -0.139. The number of esters is 2. The lowest BCUT2D eigenvalue weighted by Crippen LogP contribution is -2.51. The van der Waals surface area contributed by atoms with E-state index < -0.39 is 37.5 Å². The fourth-order valence-corrected chi connectivity index (χ4v) is 8.43. The number of benzene rings is 2. The first kappa shape index (κ1) is 33.0. The summed E-state index contributed by atoms with van der Waals surface area (Å²) in [6.45, 7) is 3.64. The van der Waals surface area contributed by atoms with Gasteiger partial charge in [0, 0.05) is 0 Å². The van der Waals surface area contributed by atoms with Crippen molar-refractivity contribution in [3.63, 3.8) is 0 Å². The number of nitrogens with zero attached hydrogens (tertiary/aromatic N) is 3. The molecule has 0 amide bonds. The molecule has 1 aliphatic heterocycles. The van der Waals surface area contributed by atoms with E-state index in [0.717, 1.165) is 48.9 Å². The lowest BCUT2D eigenvalue weighted by Gasteiger charge is -2.37. The molecule has 5 rings (SSSR count). The summed E-state index contributed by atoms with van der Waals surface area (Å²) in [5, 5.41) is 0. The minimum absolute atomic E-state index is 0.0258. The number of hydrogen-bond donors (Lipinski definition) is 0. The maximum absolute atomic E-state index is 14.6. The molecule has 0 saturated heterocycles. The zero-order valence-corrected chi connectivity index (χ0v) is 27.6. The topological polar surface area (TPSA) is 149 Å². The van der Waals surface area contributed by atoms with Gasteiger partial charge in [-0.2, -0.15) is 12.8 Å². The van der Waals surface area contributed by atoms with Gasteiger partial charge in [0.2, 0.25) is 0 Å². The van der Waals surface area contributed by atoms with Crippen LogP contribution in [0.4, 0.5) is 0 Å². The number of carbonyl (C=O) groups is 2. The van der Waals surface area contributed by atoms with Crippen LogP contribution >= 0.6 is 0 Å².